The molecular formula is C26H27F2N3O3. The standard InChI is InChI=1S/C26H27F2N3O3/c27-26(28)34-23-12-6-20(7-13-23)25(19-4-2-1-3-5-19)29-18-24(32)30-21-8-10-22(11-9-21)31-14-16-33-17-15-31/h1-13,25-26,29H,14-18H2,(H,30,32)/t25-/m1/s1. The molecule has 2 N–H and O–H groups in total. The van der Waals surface area contributed by atoms with E-state index >= 15 is 0 Å². The van der Waals surface area contributed by atoms with Crippen molar-refractivity contribution in [2.24, 2.45) is 0 Å². The second-order valence-corrected chi connectivity index (χ2v) is 7.87. The SMILES string of the molecule is O=C(CN[C@H](c1ccccc1)c1ccc(OC(F)F)cc1)Nc1ccc(N2CCOCC2)cc1. The zero-order valence-electron chi connectivity index (χ0n) is 18.6. The van der Waals surface area contributed by atoms with E-state index in [0.717, 1.165) is 29.9 Å². The van der Waals surface area contributed by atoms with E-state index in [-0.39, 0.29) is 24.2 Å². The molecule has 0 spiro atoms. The number of rotatable bonds is 9. The van der Waals surface area contributed by atoms with Gasteiger partial charge in [0.1, 0.15) is 5.75 Å². The average molecular weight is 468 g/mol. The van der Waals surface area contributed by atoms with Crippen molar-refractivity contribution < 1.29 is 23.0 Å². The molecule has 4 rings (SSSR count). The van der Waals surface area contributed by atoms with Crippen molar-refractivity contribution in [1.82, 2.24) is 5.32 Å². The number of morpholine rings is 1. The van der Waals surface area contributed by atoms with Crippen molar-refractivity contribution in [3.63, 3.8) is 0 Å². The number of hydrogen-bond donors (Lipinski definition) is 2. The molecule has 0 saturated carbocycles. The molecule has 1 amide bonds. The highest BCUT2D eigenvalue weighted by Crippen LogP contribution is 2.25. The molecule has 1 fully saturated rings. The summed E-state index contributed by atoms with van der Waals surface area (Å²) >= 11 is 0. The predicted molar refractivity (Wildman–Crippen MR) is 127 cm³/mol. The fourth-order valence-corrected chi connectivity index (χ4v) is 3.89. The second kappa shape index (κ2) is 11.6. The van der Waals surface area contributed by atoms with E-state index in [1.165, 1.54) is 12.1 Å². The topological polar surface area (TPSA) is 62.8 Å². The summed E-state index contributed by atoms with van der Waals surface area (Å²) in [4.78, 5) is 14.9. The normalized spacial score (nSPS) is 14.6. The lowest BCUT2D eigenvalue weighted by Crippen LogP contribution is -2.36. The van der Waals surface area contributed by atoms with Gasteiger partial charge in [0.05, 0.1) is 25.8 Å². The number of ether oxygens (including phenoxy) is 2. The van der Waals surface area contributed by atoms with Crippen molar-refractivity contribution in [2.75, 3.05) is 43.1 Å². The molecule has 3 aromatic rings. The Morgan fingerprint density at radius 1 is 0.912 bits per heavy atom. The summed E-state index contributed by atoms with van der Waals surface area (Å²) in [6, 6.07) is 23.5. The first-order valence-corrected chi connectivity index (χ1v) is 11.1. The van der Waals surface area contributed by atoms with Crippen molar-refractivity contribution in [3.05, 3.63) is 90.0 Å². The van der Waals surface area contributed by atoms with Crippen LogP contribution in [0.2, 0.25) is 0 Å². The molecule has 0 bridgehead atoms. The smallest absolute Gasteiger partial charge is 0.387 e. The van der Waals surface area contributed by atoms with Crippen LogP contribution in [-0.2, 0) is 9.53 Å². The van der Waals surface area contributed by atoms with Crippen LogP contribution in [0.3, 0.4) is 0 Å². The van der Waals surface area contributed by atoms with E-state index in [1.54, 1.807) is 12.1 Å². The van der Waals surface area contributed by atoms with E-state index in [4.69, 9.17) is 4.74 Å². The molecule has 0 aliphatic carbocycles. The first-order chi connectivity index (χ1) is 16.6. The van der Waals surface area contributed by atoms with Gasteiger partial charge in [0, 0.05) is 24.5 Å². The van der Waals surface area contributed by atoms with Crippen molar-refractivity contribution in [1.29, 1.82) is 0 Å². The molecule has 34 heavy (non-hydrogen) atoms. The monoisotopic (exact) mass is 467 g/mol. The van der Waals surface area contributed by atoms with Gasteiger partial charge in [0.15, 0.2) is 0 Å². The Morgan fingerprint density at radius 3 is 2.21 bits per heavy atom. The Hall–Kier alpha value is -3.49. The fraction of sp³-hybridized carbons (Fsp3) is 0.269. The summed E-state index contributed by atoms with van der Waals surface area (Å²) in [5.74, 6) is -0.0958. The summed E-state index contributed by atoms with van der Waals surface area (Å²) in [6.45, 7) is 0.335. The van der Waals surface area contributed by atoms with Crippen molar-refractivity contribution in [2.45, 2.75) is 12.7 Å². The van der Waals surface area contributed by atoms with Gasteiger partial charge >= 0.3 is 6.61 Å². The highest BCUT2D eigenvalue weighted by molar-refractivity contribution is 5.92. The highest BCUT2D eigenvalue weighted by Gasteiger charge is 2.16. The van der Waals surface area contributed by atoms with Gasteiger partial charge in [-0.1, -0.05) is 42.5 Å². The van der Waals surface area contributed by atoms with Gasteiger partial charge < -0.3 is 19.7 Å². The van der Waals surface area contributed by atoms with Crippen LogP contribution in [0.15, 0.2) is 78.9 Å². The molecule has 1 atom stereocenters. The number of benzene rings is 3. The van der Waals surface area contributed by atoms with Crippen LogP contribution >= 0.6 is 0 Å². The number of amides is 1. The zero-order valence-corrected chi connectivity index (χ0v) is 18.6. The van der Waals surface area contributed by atoms with Crippen LogP contribution in [0.5, 0.6) is 5.75 Å². The number of alkyl halides is 2. The van der Waals surface area contributed by atoms with E-state index in [9.17, 15) is 13.6 Å². The maximum Gasteiger partial charge on any atom is 0.387 e. The van der Waals surface area contributed by atoms with Crippen LogP contribution < -0.4 is 20.3 Å². The number of carbonyl (C=O) groups excluding carboxylic acids is 1. The van der Waals surface area contributed by atoms with Crippen LogP contribution in [0.25, 0.3) is 0 Å². The highest BCUT2D eigenvalue weighted by atomic mass is 19.3. The van der Waals surface area contributed by atoms with Gasteiger partial charge in [0.2, 0.25) is 5.91 Å². The number of nitrogens with one attached hydrogen (secondary N) is 2. The summed E-state index contributed by atoms with van der Waals surface area (Å²) < 4.78 is 34.8. The maximum absolute atomic E-state index is 12.6. The minimum absolute atomic E-state index is 0.0695. The third-order valence-corrected chi connectivity index (χ3v) is 5.57. The lowest BCUT2D eigenvalue weighted by Gasteiger charge is -2.28. The van der Waals surface area contributed by atoms with Crippen molar-refractivity contribution >= 4 is 17.3 Å². The summed E-state index contributed by atoms with van der Waals surface area (Å²) in [7, 11) is 0. The molecular weight excluding hydrogens is 440 g/mol. The minimum atomic E-state index is -2.87. The Labute approximate surface area is 197 Å². The Kier molecular flexibility index (Phi) is 8.06. The number of carbonyl (C=O) groups is 1. The first kappa shape index (κ1) is 23.7. The molecule has 178 valence electrons. The molecule has 0 unspecified atom stereocenters. The van der Waals surface area contributed by atoms with E-state index in [2.05, 4.69) is 20.3 Å². The fourth-order valence-electron chi connectivity index (χ4n) is 3.89. The minimum Gasteiger partial charge on any atom is -0.435 e. The Morgan fingerprint density at radius 2 is 1.56 bits per heavy atom. The van der Waals surface area contributed by atoms with E-state index < -0.39 is 6.61 Å². The van der Waals surface area contributed by atoms with E-state index in [1.807, 2.05) is 54.6 Å². The largest absolute Gasteiger partial charge is 0.435 e. The van der Waals surface area contributed by atoms with Crippen LogP contribution in [0.1, 0.15) is 17.2 Å². The first-order valence-electron chi connectivity index (χ1n) is 11.1. The Balaban J connectivity index is 1.38. The number of halogens is 2. The summed E-state index contributed by atoms with van der Waals surface area (Å²) in [5.41, 5.74) is 3.60. The number of hydrogen-bond acceptors (Lipinski definition) is 5. The van der Waals surface area contributed by atoms with Crippen LogP contribution in [0, 0.1) is 0 Å². The molecule has 3 aromatic carbocycles. The Bertz CT molecular complexity index is 1040. The molecule has 6 nitrogen and oxygen atoms in total. The molecule has 1 saturated heterocycles. The van der Waals surface area contributed by atoms with Gasteiger partial charge in [-0.2, -0.15) is 8.78 Å². The van der Waals surface area contributed by atoms with Gasteiger partial charge in [0.25, 0.3) is 0 Å². The molecule has 8 heteroatoms. The number of anilines is 2. The van der Waals surface area contributed by atoms with Crippen molar-refractivity contribution in [3.8, 4) is 5.75 Å². The zero-order chi connectivity index (χ0) is 23.8. The lowest BCUT2D eigenvalue weighted by atomic mass is 9.98. The molecule has 1 heterocycles. The van der Waals surface area contributed by atoms with Gasteiger partial charge in [-0.25, -0.2) is 0 Å². The average Bonchev–Trinajstić information content (AvgIpc) is 2.86. The lowest BCUT2D eigenvalue weighted by molar-refractivity contribution is -0.115. The quantitative estimate of drug-likeness (QED) is 0.487. The maximum atomic E-state index is 12.6. The van der Waals surface area contributed by atoms with Gasteiger partial charge in [-0.3, -0.25) is 10.1 Å². The summed E-state index contributed by atoms with van der Waals surface area (Å²) in [6.07, 6.45) is 0. The molecule has 1 aliphatic heterocycles. The predicted octanol–water partition coefficient (Wildman–Crippen LogP) is 4.44. The van der Waals surface area contributed by atoms with Gasteiger partial charge in [-0.05, 0) is 47.5 Å². The molecule has 0 aromatic heterocycles. The second-order valence-electron chi connectivity index (χ2n) is 7.87. The molecule has 1 aliphatic rings. The number of nitrogens with zero attached hydrogens (tertiary/aromatic N) is 1. The van der Waals surface area contributed by atoms with Crippen LogP contribution in [0.4, 0.5) is 20.2 Å². The van der Waals surface area contributed by atoms with Crippen LogP contribution in [-0.4, -0.2) is 45.4 Å². The third-order valence-electron chi connectivity index (χ3n) is 5.57. The molecule has 0 radical (unpaired) electrons. The summed E-state index contributed by atoms with van der Waals surface area (Å²) in [5, 5.41) is 6.19. The third kappa shape index (κ3) is 6.52. The van der Waals surface area contributed by atoms with E-state index in [0.29, 0.717) is 18.9 Å². The van der Waals surface area contributed by atoms with Gasteiger partial charge in [-0.15, -0.1) is 0 Å².